The number of piperidine rings is 1. The summed E-state index contributed by atoms with van der Waals surface area (Å²) in [6, 6.07) is 10.3. The van der Waals surface area contributed by atoms with Gasteiger partial charge in [-0.3, -0.25) is 9.80 Å². The van der Waals surface area contributed by atoms with Crippen LogP contribution in [0, 0.1) is 0 Å². The minimum atomic E-state index is -0.871. The van der Waals surface area contributed by atoms with E-state index in [1.54, 1.807) is 0 Å². The average Bonchev–Trinajstić information content (AvgIpc) is 2.83. The fourth-order valence-corrected chi connectivity index (χ4v) is 3.28. The van der Waals surface area contributed by atoms with E-state index in [4.69, 9.17) is 4.74 Å². The lowest BCUT2D eigenvalue weighted by Crippen LogP contribution is -2.57. The molecule has 5 nitrogen and oxygen atoms in total. The molecule has 1 amide bonds. The molecule has 3 rings (SSSR count). The fraction of sp³-hybridized carbons (Fsp3) is 0.533. The minimum absolute atomic E-state index is 0.481. The van der Waals surface area contributed by atoms with Gasteiger partial charge in [-0.1, -0.05) is 30.3 Å². The fourth-order valence-electron chi connectivity index (χ4n) is 3.28. The van der Waals surface area contributed by atoms with Crippen molar-refractivity contribution in [1.82, 2.24) is 9.80 Å². The zero-order valence-corrected chi connectivity index (χ0v) is 11.5. The van der Waals surface area contributed by atoms with Crippen molar-refractivity contribution in [2.45, 2.75) is 25.1 Å². The number of carboxylic acid groups (broad SMARTS) is 1. The molecular formula is C15H20N2O3. The molecule has 0 radical (unpaired) electrons. The lowest BCUT2D eigenvalue weighted by atomic mass is 9.99. The highest BCUT2D eigenvalue weighted by Crippen LogP contribution is 2.33. The SMILES string of the molecule is O=C(O)N1CCOC12CCCN(Cc1ccccc1)C2. The lowest BCUT2D eigenvalue weighted by molar-refractivity contribution is -0.115. The van der Waals surface area contributed by atoms with Gasteiger partial charge in [0.25, 0.3) is 0 Å². The van der Waals surface area contributed by atoms with Crippen LogP contribution in [0.1, 0.15) is 18.4 Å². The van der Waals surface area contributed by atoms with Crippen LogP contribution in [-0.4, -0.2) is 53.0 Å². The Balaban J connectivity index is 1.71. The van der Waals surface area contributed by atoms with Crippen molar-refractivity contribution >= 4 is 6.09 Å². The van der Waals surface area contributed by atoms with Crippen LogP contribution >= 0.6 is 0 Å². The van der Waals surface area contributed by atoms with Gasteiger partial charge in [-0.15, -0.1) is 0 Å². The third kappa shape index (κ3) is 2.51. The van der Waals surface area contributed by atoms with Gasteiger partial charge >= 0.3 is 6.09 Å². The second-order valence-corrected chi connectivity index (χ2v) is 5.53. The Hall–Kier alpha value is -1.59. The molecule has 0 aromatic heterocycles. The molecule has 1 aromatic carbocycles. The maximum atomic E-state index is 11.4. The summed E-state index contributed by atoms with van der Waals surface area (Å²) in [5.74, 6) is 0. The number of amides is 1. The summed E-state index contributed by atoms with van der Waals surface area (Å²) in [6.45, 7) is 3.49. The van der Waals surface area contributed by atoms with Crippen molar-refractivity contribution in [2.75, 3.05) is 26.2 Å². The first-order valence-electron chi connectivity index (χ1n) is 7.10. The van der Waals surface area contributed by atoms with E-state index >= 15 is 0 Å². The predicted molar refractivity (Wildman–Crippen MR) is 74.4 cm³/mol. The van der Waals surface area contributed by atoms with Crippen molar-refractivity contribution in [1.29, 1.82) is 0 Å². The highest BCUT2D eigenvalue weighted by Gasteiger charge is 2.47. The monoisotopic (exact) mass is 276 g/mol. The topological polar surface area (TPSA) is 53.0 Å². The summed E-state index contributed by atoms with van der Waals surface area (Å²) in [4.78, 5) is 15.1. The molecule has 0 saturated carbocycles. The van der Waals surface area contributed by atoms with Crippen molar-refractivity contribution in [3.63, 3.8) is 0 Å². The molecule has 1 spiro atoms. The first kappa shape index (κ1) is 13.4. The number of carbonyl (C=O) groups is 1. The normalized spacial score (nSPS) is 27.1. The van der Waals surface area contributed by atoms with Gasteiger partial charge in [0.1, 0.15) is 0 Å². The van der Waals surface area contributed by atoms with Crippen molar-refractivity contribution in [3.8, 4) is 0 Å². The van der Waals surface area contributed by atoms with E-state index in [0.29, 0.717) is 19.7 Å². The first-order valence-corrected chi connectivity index (χ1v) is 7.10. The number of hydrogen-bond acceptors (Lipinski definition) is 3. The molecule has 2 aliphatic rings. The summed E-state index contributed by atoms with van der Waals surface area (Å²) >= 11 is 0. The van der Waals surface area contributed by atoms with E-state index in [-0.39, 0.29) is 0 Å². The number of rotatable bonds is 2. The van der Waals surface area contributed by atoms with E-state index in [1.165, 1.54) is 10.5 Å². The van der Waals surface area contributed by atoms with Crippen LogP contribution in [0.2, 0.25) is 0 Å². The number of ether oxygens (including phenoxy) is 1. The Labute approximate surface area is 118 Å². The molecule has 5 heteroatoms. The van der Waals surface area contributed by atoms with Crippen LogP contribution in [-0.2, 0) is 11.3 Å². The highest BCUT2D eigenvalue weighted by atomic mass is 16.5. The van der Waals surface area contributed by atoms with Crippen LogP contribution in [0.5, 0.6) is 0 Å². The third-order valence-electron chi connectivity index (χ3n) is 4.17. The summed E-state index contributed by atoms with van der Waals surface area (Å²) in [7, 11) is 0. The van der Waals surface area contributed by atoms with Gasteiger partial charge < -0.3 is 9.84 Å². The quantitative estimate of drug-likeness (QED) is 0.897. The number of benzene rings is 1. The zero-order chi connectivity index (χ0) is 14.0. The first-order chi connectivity index (χ1) is 9.70. The molecule has 1 aromatic rings. The molecule has 1 unspecified atom stereocenters. The molecule has 2 heterocycles. The second kappa shape index (κ2) is 5.42. The maximum Gasteiger partial charge on any atom is 0.409 e. The van der Waals surface area contributed by atoms with Gasteiger partial charge in [0, 0.05) is 13.1 Å². The van der Waals surface area contributed by atoms with Gasteiger partial charge in [-0.05, 0) is 24.9 Å². The third-order valence-corrected chi connectivity index (χ3v) is 4.17. The lowest BCUT2D eigenvalue weighted by Gasteiger charge is -2.43. The Bertz CT molecular complexity index is 479. The molecular weight excluding hydrogens is 256 g/mol. The van der Waals surface area contributed by atoms with Crippen molar-refractivity contribution in [3.05, 3.63) is 35.9 Å². The average molecular weight is 276 g/mol. The highest BCUT2D eigenvalue weighted by molar-refractivity contribution is 5.66. The Kier molecular flexibility index (Phi) is 3.63. The molecule has 2 saturated heterocycles. The van der Waals surface area contributed by atoms with Crippen LogP contribution in [0.25, 0.3) is 0 Å². The Morgan fingerprint density at radius 3 is 2.85 bits per heavy atom. The molecule has 108 valence electrons. The van der Waals surface area contributed by atoms with Crippen LogP contribution < -0.4 is 0 Å². The summed E-state index contributed by atoms with van der Waals surface area (Å²) < 4.78 is 5.83. The molecule has 0 bridgehead atoms. The van der Waals surface area contributed by atoms with Gasteiger partial charge in [0.15, 0.2) is 5.72 Å². The standard InChI is InChI=1S/C15H20N2O3/c18-14(19)17-9-10-20-15(17)7-4-8-16(12-15)11-13-5-2-1-3-6-13/h1-3,5-6H,4,7-12H2,(H,18,19). The van der Waals surface area contributed by atoms with E-state index in [2.05, 4.69) is 17.0 Å². The summed E-state index contributed by atoms with van der Waals surface area (Å²) in [5.41, 5.74) is 0.628. The summed E-state index contributed by atoms with van der Waals surface area (Å²) in [6.07, 6.45) is 0.894. The van der Waals surface area contributed by atoms with Crippen molar-refractivity contribution in [2.24, 2.45) is 0 Å². The molecule has 0 aliphatic carbocycles. The van der Waals surface area contributed by atoms with E-state index < -0.39 is 11.8 Å². The Morgan fingerprint density at radius 1 is 1.30 bits per heavy atom. The number of hydrogen-bond donors (Lipinski definition) is 1. The minimum Gasteiger partial charge on any atom is -0.465 e. The largest absolute Gasteiger partial charge is 0.465 e. The maximum absolute atomic E-state index is 11.4. The van der Waals surface area contributed by atoms with Gasteiger partial charge in [0.2, 0.25) is 0 Å². The number of nitrogens with zero attached hydrogens (tertiary/aromatic N) is 2. The van der Waals surface area contributed by atoms with E-state index in [9.17, 15) is 9.90 Å². The molecule has 1 atom stereocenters. The number of likely N-dealkylation sites (tertiary alicyclic amines) is 1. The second-order valence-electron chi connectivity index (χ2n) is 5.53. The molecule has 2 aliphatic heterocycles. The van der Waals surface area contributed by atoms with Gasteiger partial charge in [-0.25, -0.2) is 4.79 Å². The Morgan fingerprint density at radius 2 is 2.10 bits per heavy atom. The van der Waals surface area contributed by atoms with Crippen LogP contribution in [0.15, 0.2) is 30.3 Å². The summed E-state index contributed by atoms with van der Waals surface area (Å²) in [5, 5.41) is 9.33. The van der Waals surface area contributed by atoms with Crippen LogP contribution in [0.4, 0.5) is 4.79 Å². The van der Waals surface area contributed by atoms with Gasteiger partial charge in [0.05, 0.1) is 13.2 Å². The van der Waals surface area contributed by atoms with Crippen LogP contribution in [0.3, 0.4) is 0 Å². The van der Waals surface area contributed by atoms with Crippen molar-refractivity contribution < 1.29 is 14.6 Å². The smallest absolute Gasteiger partial charge is 0.409 e. The molecule has 1 N–H and O–H groups in total. The molecule has 20 heavy (non-hydrogen) atoms. The van der Waals surface area contributed by atoms with E-state index in [1.807, 2.05) is 18.2 Å². The molecule has 2 fully saturated rings. The van der Waals surface area contributed by atoms with Gasteiger partial charge in [-0.2, -0.15) is 0 Å². The zero-order valence-electron chi connectivity index (χ0n) is 11.5. The predicted octanol–water partition coefficient (Wildman–Crippen LogP) is 1.99. The van der Waals surface area contributed by atoms with E-state index in [0.717, 1.165) is 25.9 Å².